The van der Waals surface area contributed by atoms with Crippen molar-refractivity contribution in [1.29, 1.82) is 0 Å². The topological polar surface area (TPSA) is 64.4 Å². The summed E-state index contributed by atoms with van der Waals surface area (Å²) in [6.45, 7) is 2.07. The van der Waals surface area contributed by atoms with Crippen molar-refractivity contribution in [2.45, 2.75) is 13.3 Å². The fraction of sp³-hybridized carbons (Fsp3) is 0.130. The summed E-state index contributed by atoms with van der Waals surface area (Å²) in [5, 5.41) is 2.82. The van der Waals surface area contributed by atoms with Crippen molar-refractivity contribution in [3.8, 4) is 17.2 Å². The van der Waals surface area contributed by atoms with Crippen LogP contribution in [0.25, 0.3) is 22.6 Å². The molecule has 5 heteroatoms. The van der Waals surface area contributed by atoms with Crippen molar-refractivity contribution in [3.05, 3.63) is 78.4 Å². The average molecular weight is 372 g/mol. The number of anilines is 1. The van der Waals surface area contributed by atoms with E-state index in [9.17, 15) is 4.79 Å². The lowest BCUT2D eigenvalue weighted by atomic mass is 10.1. The second-order valence-electron chi connectivity index (χ2n) is 6.40. The number of benzene rings is 3. The molecule has 1 N–H and O–H groups in total. The first-order chi connectivity index (χ1) is 13.7. The monoisotopic (exact) mass is 372 g/mol. The number of aromatic nitrogens is 1. The fourth-order valence-corrected chi connectivity index (χ4v) is 2.88. The van der Waals surface area contributed by atoms with Crippen molar-refractivity contribution >= 4 is 22.7 Å². The maximum absolute atomic E-state index is 12.1. The Balaban J connectivity index is 1.41. The van der Waals surface area contributed by atoms with Gasteiger partial charge in [0.25, 0.3) is 5.91 Å². The van der Waals surface area contributed by atoms with Gasteiger partial charge in [-0.3, -0.25) is 4.79 Å². The molecule has 0 saturated carbocycles. The molecule has 5 nitrogen and oxygen atoms in total. The third kappa shape index (κ3) is 4.04. The summed E-state index contributed by atoms with van der Waals surface area (Å²) in [5.41, 5.74) is 4.39. The molecule has 0 unspecified atom stereocenters. The molecule has 1 heterocycles. The van der Waals surface area contributed by atoms with Crippen molar-refractivity contribution < 1.29 is 13.9 Å². The van der Waals surface area contributed by atoms with Gasteiger partial charge in [0.1, 0.15) is 11.3 Å². The Kier molecular flexibility index (Phi) is 5.06. The molecule has 3 aromatic carbocycles. The number of hydrogen-bond acceptors (Lipinski definition) is 4. The summed E-state index contributed by atoms with van der Waals surface area (Å²) in [7, 11) is 0. The summed E-state index contributed by atoms with van der Waals surface area (Å²) in [5.74, 6) is 1.01. The molecule has 0 saturated heterocycles. The van der Waals surface area contributed by atoms with Gasteiger partial charge in [-0.25, -0.2) is 4.98 Å². The quantitative estimate of drug-likeness (QED) is 0.513. The summed E-state index contributed by atoms with van der Waals surface area (Å²) < 4.78 is 11.3. The molecule has 0 aliphatic heterocycles. The van der Waals surface area contributed by atoms with Crippen LogP contribution < -0.4 is 10.1 Å². The van der Waals surface area contributed by atoms with Crippen LogP contribution in [0.15, 0.2) is 77.2 Å². The van der Waals surface area contributed by atoms with E-state index in [0.29, 0.717) is 17.3 Å². The Labute approximate surface area is 163 Å². The van der Waals surface area contributed by atoms with Gasteiger partial charge in [-0.15, -0.1) is 0 Å². The molecular weight excluding hydrogens is 352 g/mol. The number of hydrogen-bond donors (Lipinski definition) is 1. The smallest absolute Gasteiger partial charge is 0.262 e. The van der Waals surface area contributed by atoms with Crippen LogP contribution >= 0.6 is 0 Å². The molecular formula is C23H20N2O3. The summed E-state index contributed by atoms with van der Waals surface area (Å²) in [6.07, 6.45) is 0.959. The fourth-order valence-electron chi connectivity index (χ4n) is 2.88. The second-order valence-corrected chi connectivity index (χ2v) is 6.40. The molecule has 0 aliphatic rings. The van der Waals surface area contributed by atoms with Gasteiger partial charge in [0.05, 0.1) is 0 Å². The molecule has 0 bridgehead atoms. The van der Waals surface area contributed by atoms with Crippen LogP contribution in [-0.4, -0.2) is 17.5 Å². The number of nitrogens with one attached hydrogen (secondary N) is 1. The molecule has 0 spiro atoms. The zero-order valence-electron chi connectivity index (χ0n) is 15.5. The Bertz CT molecular complexity index is 1090. The molecule has 0 aliphatic carbocycles. The predicted molar refractivity (Wildman–Crippen MR) is 109 cm³/mol. The normalized spacial score (nSPS) is 10.8. The van der Waals surface area contributed by atoms with E-state index in [0.717, 1.165) is 23.1 Å². The van der Waals surface area contributed by atoms with Gasteiger partial charge < -0.3 is 14.5 Å². The highest BCUT2D eigenvalue weighted by molar-refractivity contribution is 5.92. The number of ether oxygens (including phenoxy) is 1. The van der Waals surface area contributed by atoms with E-state index in [1.807, 2.05) is 72.8 Å². The van der Waals surface area contributed by atoms with Crippen LogP contribution in [0.4, 0.5) is 5.69 Å². The molecule has 140 valence electrons. The lowest BCUT2D eigenvalue weighted by molar-refractivity contribution is -0.118. The first-order valence-corrected chi connectivity index (χ1v) is 9.19. The SMILES string of the molecule is CCc1ccc2oc(-c3ccc(NC(=O)COc4ccccc4)cc3)nc2c1. The summed E-state index contributed by atoms with van der Waals surface area (Å²) >= 11 is 0. The van der Waals surface area contributed by atoms with Gasteiger partial charge in [0.15, 0.2) is 12.2 Å². The van der Waals surface area contributed by atoms with Crippen molar-refractivity contribution in [1.82, 2.24) is 4.98 Å². The van der Waals surface area contributed by atoms with Gasteiger partial charge in [0, 0.05) is 11.3 Å². The Morgan fingerprint density at radius 1 is 1.04 bits per heavy atom. The maximum Gasteiger partial charge on any atom is 0.262 e. The number of nitrogens with zero attached hydrogens (tertiary/aromatic N) is 1. The van der Waals surface area contributed by atoms with E-state index < -0.39 is 0 Å². The van der Waals surface area contributed by atoms with E-state index in [1.54, 1.807) is 0 Å². The molecule has 0 radical (unpaired) electrons. The molecule has 0 atom stereocenters. The summed E-state index contributed by atoms with van der Waals surface area (Å²) in [6, 6.07) is 22.7. The minimum atomic E-state index is -0.217. The Morgan fingerprint density at radius 2 is 1.82 bits per heavy atom. The zero-order valence-corrected chi connectivity index (χ0v) is 15.5. The minimum absolute atomic E-state index is 0.0450. The average Bonchev–Trinajstić information content (AvgIpc) is 3.17. The Hall–Kier alpha value is -3.60. The van der Waals surface area contributed by atoms with Crippen LogP contribution in [0.5, 0.6) is 5.75 Å². The van der Waals surface area contributed by atoms with Crippen molar-refractivity contribution in [3.63, 3.8) is 0 Å². The number of para-hydroxylation sites is 1. The number of amides is 1. The largest absolute Gasteiger partial charge is 0.484 e. The number of aryl methyl sites for hydroxylation is 1. The van der Waals surface area contributed by atoms with Crippen molar-refractivity contribution in [2.24, 2.45) is 0 Å². The predicted octanol–water partition coefficient (Wildman–Crippen LogP) is 5.07. The zero-order chi connectivity index (χ0) is 19.3. The molecule has 4 rings (SSSR count). The Morgan fingerprint density at radius 3 is 2.57 bits per heavy atom. The molecule has 1 amide bonds. The number of oxazole rings is 1. The molecule has 28 heavy (non-hydrogen) atoms. The second kappa shape index (κ2) is 7.96. The first-order valence-electron chi connectivity index (χ1n) is 9.19. The highest BCUT2D eigenvalue weighted by atomic mass is 16.5. The molecule has 0 fully saturated rings. The van der Waals surface area contributed by atoms with E-state index in [2.05, 4.69) is 17.2 Å². The van der Waals surface area contributed by atoms with Gasteiger partial charge in [-0.05, 0) is 60.5 Å². The van der Waals surface area contributed by atoms with Crippen LogP contribution in [0, 0.1) is 0 Å². The van der Waals surface area contributed by atoms with Crippen molar-refractivity contribution in [2.75, 3.05) is 11.9 Å². The third-order valence-electron chi connectivity index (χ3n) is 4.39. The molecule has 1 aromatic heterocycles. The minimum Gasteiger partial charge on any atom is -0.484 e. The lowest BCUT2D eigenvalue weighted by Crippen LogP contribution is -2.20. The van der Waals surface area contributed by atoms with Gasteiger partial charge in [0.2, 0.25) is 5.89 Å². The highest BCUT2D eigenvalue weighted by Gasteiger charge is 2.09. The highest BCUT2D eigenvalue weighted by Crippen LogP contribution is 2.26. The van der Waals surface area contributed by atoms with E-state index >= 15 is 0 Å². The van der Waals surface area contributed by atoms with Crippen LogP contribution in [0.2, 0.25) is 0 Å². The van der Waals surface area contributed by atoms with E-state index in [-0.39, 0.29) is 12.5 Å². The van der Waals surface area contributed by atoms with Crippen LogP contribution in [0.1, 0.15) is 12.5 Å². The van der Waals surface area contributed by atoms with Crippen LogP contribution in [-0.2, 0) is 11.2 Å². The first kappa shape index (κ1) is 17.8. The molecule has 4 aromatic rings. The van der Waals surface area contributed by atoms with E-state index in [4.69, 9.17) is 9.15 Å². The van der Waals surface area contributed by atoms with Gasteiger partial charge in [-0.1, -0.05) is 31.2 Å². The standard InChI is InChI=1S/C23H20N2O3/c1-2-16-8-13-21-20(14-16)25-23(28-21)17-9-11-18(12-10-17)24-22(26)15-27-19-6-4-3-5-7-19/h3-14H,2,15H2,1H3,(H,24,26). The third-order valence-corrected chi connectivity index (χ3v) is 4.39. The number of carbonyl (C=O) groups is 1. The van der Waals surface area contributed by atoms with Crippen LogP contribution in [0.3, 0.4) is 0 Å². The number of fused-ring (bicyclic) bond motifs is 1. The lowest BCUT2D eigenvalue weighted by Gasteiger charge is -2.07. The number of rotatable bonds is 6. The summed E-state index contributed by atoms with van der Waals surface area (Å²) in [4.78, 5) is 16.6. The van der Waals surface area contributed by atoms with E-state index in [1.165, 1.54) is 5.56 Å². The number of carbonyl (C=O) groups excluding carboxylic acids is 1. The van der Waals surface area contributed by atoms with Gasteiger partial charge >= 0.3 is 0 Å². The maximum atomic E-state index is 12.1. The van der Waals surface area contributed by atoms with Gasteiger partial charge in [-0.2, -0.15) is 0 Å².